The number of esters is 1. The van der Waals surface area contributed by atoms with Gasteiger partial charge in [0.2, 0.25) is 0 Å². The molecule has 2 nitrogen and oxygen atoms in total. The topological polar surface area (TPSA) is 26.3 Å². The summed E-state index contributed by atoms with van der Waals surface area (Å²) < 4.78 is 4.54. The Labute approximate surface area is 96.9 Å². The summed E-state index contributed by atoms with van der Waals surface area (Å²) in [6, 6.07) is 10.4. The average Bonchev–Trinajstić information content (AvgIpc) is 2.34. The van der Waals surface area contributed by atoms with Crippen molar-refractivity contribution in [3.8, 4) is 0 Å². The molecule has 0 aliphatic rings. The molecule has 0 saturated carbocycles. The van der Waals surface area contributed by atoms with Crippen LogP contribution in [0.2, 0.25) is 0 Å². The summed E-state index contributed by atoms with van der Waals surface area (Å²) in [5, 5.41) is 0. The van der Waals surface area contributed by atoms with Crippen molar-refractivity contribution in [2.24, 2.45) is 5.92 Å². The van der Waals surface area contributed by atoms with Crippen LogP contribution in [0.4, 0.5) is 0 Å². The smallest absolute Gasteiger partial charge is 0.330 e. The van der Waals surface area contributed by atoms with Gasteiger partial charge in [0.15, 0.2) is 0 Å². The second kappa shape index (κ2) is 6.83. The summed E-state index contributed by atoms with van der Waals surface area (Å²) >= 11 is 0. The molecule has 0 bridgehead atoms. The zero-order chi connectivity index (χ0) is 11.8. The minimum atomic E-state index is -0.286. The third kappa shape index (κ3) is 4.78. The van der Waals surface area contributed by atoms with E-state index in [2.05, 4.69) is 23.8 Å². The Kier molecular flexibility index (Phi) is 5.34. The Bertz CT molecular complexity index is 341. The lowest BCUT2D eigenvalue weighted by Crippen LogP contribution is -1.98. The first-order valence-corrected chi connectivity index (χ1v) is 5.52. The van der Waals surface area contributed by atoms with Crippen molar-refractivity contribution in [1.29, 1.82) is 0 Å². The van der Waals surface area contributed by atoms with Crippen LogP contribution in [0.3, 0.4) is 0 Å². The van der Waals surface area contributed by atoms with Gasteiger partial charge in [-0.3, -0.25) is 0 Å². The number of benzene rings is 1. The fraction of sp³-hybridized carbons (Fsp3) is 0.357. The molecule has 0 spiro atoms. The van der Waals surface area contributed by atoms with Crippen LogP contribution in [0.25, 0.3) is 0 Å². The van der Waals surface area contributed by atoms with Crippen molar-refractivity contribution >= 4 is 5.97 Å². The van der Waals surface area contributed by atoms with Crippen LogP contribution in [0.15, 0.2) is 42.5 Å². The fourth-order valence-electron chi connectivity index (χ4n) is 1.45. The standard InChI is InChI=1S/C14H18O2/c1-12(9-11-14(15)16-2)8-10-13-6-4-3-5-7-13/h3-7,9,11-12H,8,10H2,1-2H3/b11-9+/t12-/m1/s1. The minimum absolute atomic E-state index is 0.286. The highest BCUT2D eigenvalue weighted by Crippen LogP contribution is 2.10. The molecule has 1 rings (SSSR count). The maximum absolute atomic E-state index is 10.9. The van der Waals surface area contributed by atoms with Gasteiger partial charge in [0.05, 0.1) is 7.11 Å². The maximum atomic E-state index is 10.9. The van der Waals surface area contributed by atoms with E-state index in [4.69, 9.17) is 0 Å². The lowest BCUT2D eigenvalue weighted by atomic mass is 10.0. The monoisotopic (exact) mass is 218 g/mol. The summed E-state index contributed by atoms with van der Waals surface area (Å²) in [7, 11) is 1.39. The van der Waals surface area contributed by atoms with Gasteiger partial charge in [-0.05, 0) is 24.3 Å². The van der Waals surface area contributed by atoms with Crippen molar-refractivity contribution in [2.75, 3.05) is 7.11 Å². The quantitative estimate of drug-likeness (QED) is 0.561. The van der Waals surface area contributed by atoms with Crippen molar-refractivity contribution in [1.82, 2.24) is 0 Å². The molecule has 0 aliphatic heterocycles. The molecule has 0 unspecified atom stereocenters. The van der Waals surface area contributed by atoms with E-state index in [1.54, 1.807) is 0 Å². The van der Waals surface area contributed by atoms with Crippen LogP contribution in [-0.4, -0.2) is 13.1 Å². The molecule has 16 heavy (non-hydrogen) atoms. The fourth-order valence-corrected chi connectivity index (χ4v) is 1.45. The second-order valence-corrected chi connectivity index (χ2v) is 3.88. The van der Waals surface area contributed by atoms with E-state index in [1.807, 2.05) is 24.3 Å². The largest absolute Gasteiger partial charge is 0.466 e. The molecule has 0 fully saturated rings. The zero-order valence-electron chi connectivity index (χ0n) is 9.85. The van der Waals surface area contributed by atoms with Crippen molar-refractivity contribution in [2.45, 2.75) is 19.8 Å². The van der Waals surface area contributed by atoms with Gasteiger partial charge in [-0.25, -0.2) is 4.79 Å². The van der Waals surface area contributed by atoms with Crippen molar-refractivity contribution in [3.63, 3.8) is 0 Å². The maximum Gasteiger partial charge on any atom is 0.330 e. The van der Waals surface area contributed by atoms with Gasteiger partial charge in [-0.15, -0.1) is 0 Å². The minimum Gasteiger partial charge on any atom is -0.466 e. The van der Waals surface area contributed by atoms with Crippen molar-refractivity contribution < 1.29 is 9.53 Å². The molecule has 1 atom stereocenters. The lowest BCUT2D eigenvalue weighted by molar-refractivity contribution is -0.134. The van der Waals surface area contributed by atoms with E-state index in [0.717, 1.165) is 12.8 Å². The molecule has 2 heteroatoms. The van der Waals surface area contributed by atoms with Gasteiger partial charge < -0.3 is 4.74 Å². The van der Waals surface area contributed by atoms with E-state index in [0.29, 0.717) is 5.92 Å². The molecule has 1 aromatic carbocycles. The molecule has 0 N–H and O–H groups in total. The van der Waals surface area contributed by atoms with E-state index < -0.39 is 0 Å². The van der Waals surface area contributed by atoms with E-state index in [9.17, 15) is 4.79 Å². The number of methoxy groups -OCH3 is 1. The molecule has 0 radical (unpaired) electrons. The van der Waals surface area contributed by atoms with Gasteiger partial charge in [0.1, 0.15) is 0 Å². The van der Waals surface area contributed by atoms with Crippen LogP contribution < -0.4 is 0 Å². The third-order valence-electron chi connectivity index (χ3n) is 2.49. The molecule has 0 aliphatic carbocycles. The Hall–Kier alpha value is -1.57. The highest BCUT2D eigenvalue weighted by molar-refractivity contribution is 5.81. The third-order valence-corrected chi connectivity index (χ3v) is 2.49. The second-order valence-electron chi connectivity index (χ2n) is 3.88. The lowest BCUT2D eigenvalue weighted by Gasteiger charge is -2.05. The molecule has 86 valence electrons. The Balaban J connectivity index is 2.33. The number of aryl methyl sites for hydroxylation is 1. The van der Waals surface area contributed by atoms with E-state index in [1.165, 1.54) is 18.7 Å². The summed E-state index contributed by atoms with van der Waals surface area (Å²) in [5.74, 6) is 0.103. The Morgan fingerprint density at radius 3 is 2.69 bits per heavy atom. The molecule has 0 aromatic heterocycles. The number of rotatable bonds is 5. The number of carbonyl (C=O) groups excluding carboxylic acids is 1. The SMILES string of the molecule is COC(=O)/C=C/[C@H](C)CCc1ccccc1. The van der Waals surface area contributed by atoms with Crippen LogP contribution in [0, 0.1) is 5.92 Å². The number of hydrogen-bond acceptors (Lipinski definition) is 2. The van der Waals surface area contributed by atoms with Crippen LogP contribution in [-0.2, 0) is 16.0 Å². The molecule has 1 aromatic rings. The first-order valence-electron chi connectivity index (χ1n) is 5.52. The van der Waals surface area contributed by atoms with E-state index >= 15 is 0 Å². The van der Waals surface area contributed by atoms with Gasteiger partial charge in [0, 0.05) is 6.08 Å². The van der Waals surface area contributed by atoms with Gasteiger partial charge in [-0.2, -0.15) is 0 Å². The summed E-state index contributed by atoms with van der Waals surface area (Å²) in [6.45, 7) is 2.10. The molecular formula is C14H18O2. The normalized spacial score (nSPS) is 12.6. The van der Waals surface area contributed by atoms with Crippen LogP contribution in [0.5, 0.6) is 0 Å². The summed E-state index contributed by atoms with van der Waals surface area (Å²) in [6.07, 6.45) is 5.47. The number of allylic oxidation sites excluding steroid dienone is 1. The Morgan fingerprint density at radius 1 is 1.38 bits per heavy atom. The summed E-state index contributed by atoms with van der Waals surface area (Å²) in [5.41, 5.74) is 1.33. The number of ether oxygens (including phenoxy) is 1. The number of carbonyl (C=O) groups is 1. The molecule has 0 saturated heterocycles. The van der Waals surface area contributed by atoms with Gasteiger partial charge in [0.25, 0.3) is 0 Å². The first kappa shape index (κ1) is 12.5. The van der Waals surface area contributed by atoms with Crippen LogP contribution in [0.1, 0.15) is 18.9 Å². The highest BCUT2D eigenvalue weighted by Gasteiger charge is 2.00. The van der Waals surface area contributed by atoms with Gasteiger partial charge in [-0.1, -0.05) is 43.3 Å². The van der Waals surface area contributed by atoms with Gasteiger partial charge >= 0.3 is 5.97 Å². The number of hydrogen-bond donors (Lipinski definition) is 0. The van der Waals surface area contributed by atoms with Crippen LogP contribution >= 0.6 is 0 Å². The van der Waals surface area contributed by atoms with Crippen molar-refractivity contribution in [3.05, 3.63) is 48.0 Å². The molecule has 0 amide bonds. The predicted molar refractivity (Wildman–Crippen MR) is 65.1 cm³/mol. The first-order chi connectivity index (χ1) is 7.72. The average molecular weight is 218 g/mol. The highest BCUT2D eigenvalue weighted by atomic mass is 16.5. The van der Waals surface area contributed by atoms with E-state index in [-0.39, 0.29) is 5.97 Å². The zero-order valence-corrected chi connectivity index (χ0v) is 9.85. The molecular weight excluding hydrogens is 200 g/mol. The predicted octanol–water partition coefficient (Wildman–Crippen LogP) is 2.98. The molecule has 0 heterocycles. The summed E-state index contributed by atoms with van der Waals surface area (Å²) in [4.78, 5) is 10.9. The Morgan fingerprint density at radius 2 is 2.06 bits per heavy atom.